The fraction of sp³-hybridized carbons (Fsp3) is 0.0351. The topological polar surface area (TPSA) is 29.3 Å². The van der Waals surface area contributed by atoms with Crippen LogP contribution in [-0.2, 0) is 0 Å². The molecule has 0 fully saturated rings. The molecule has 0 bridgehead atoms. The molecule has 0 unspecified atom stereocenters. The molecule has 0 amide bonds. The van der Waals surface area contributed by atoms with Gasteiger partial charge in [-0.2, -0.15) is 0 Å². The van der Waals surface area contributed by atoms with Crippen molar-refractivity contribution in [3.8, 4) is 22.6 Å². The molecule has 3 nitrogen and oxygen atoms in total. The summed E-state index contributed by atoms with van der Waals surface area (Å²) in [6.07, 6.45) is 6.49. The number of rotatable bonds is 6. The molecule has 10 aromatic carbocycles. The lowest BCUT2D eigenvalue weighted by Crippen LogP contribution is -2.18. The van der Waals surface area contributed by atoms with Crippen LogP contribution in [0.2, 0.25) is 0 Å². The third kappa shape index (κ3) is 5.70. The smallest absolute Gasteiger partial charge is 0.227 e. The van der Waals surface area contributed by atoms with Crippen LogP contribution in [0.1, 0.15) is 18.4 Å². The van der Waals surface area contributed by atoms with Crippen LogP contribution in [0.25, 0.3) is 93.1 Å². The van der Waals surface area contributed by atoms with Crippen molar-refractivity contribution in [1.82, 2.24) is 4.98 Å². The minimum atomic E-state index is 0.624. The highest BCUT2D eigenvalue weighted by Gasteiger charge is 2.21. The molecule has 1 aliphatic carbocycles. The lowest BCUT2D eigenvalue weighted by atomic mass is 9.89. The van der Waals surface area contributed by atoms with Crippen molar-refractivity contribution in [2.75, 3.05) is 4.90 Å². The van der Waals surface area contributed by atoms with Crippen LogP contribution in [-0.4, -0.2) is 4.98 Å². The summed E-state index contributed by atoms with van der Waals surface area (Å²) in [5.74, 6) is 0.624. The van der Waals surface area contributed by atoms with Crippen LogP contribution in [0.3, 0.4) is 0 Å². The Morgan fingerprint density at radius 3 is 1.53 bits per heavy atom. The number of aromatic nitrogens is 1. The third-order valence-electron chi connectivity index (χ3n) is 12.4. The van der Waals surface area contributed by atoms with Crippen molar-refractivity contribution >= 4 is 81.9 Å². The Balaban J connectivity index is 0.959. The van der Waals surface area contributed by atoms with E-state index in [1.807, 2.05) is 6.07 Å². The number of hydrogen-bond donors (Lipinski definition) is 0. The van der Waals surface area contributed by atoms with Gasteiger partial charge in [-0.3, -0.25) is 0 Å². The number of nitrogens with zero attached hydrogens (tertiary/aromatic N) is 2. The van der Waals surface area contributed by atoms with Crippen molar-refractivity contribution in [2.24, 2.45) is 0 Å². The van der Waals surface area contributed by atoms with Crippen LogP contribution in [0.4, 0.5) is 11.4 Å². The molecular weight excluding hydrogens is 729 g/mol. The predicted octanol–water partition coefficient (Wildman–Crippen LogP) is 15.8. The van der Waals surface area contributed by atoms with E-state index in [0.29, 0.717) is 5.89 Å². The van der Waals surface area contributed by atoms with Crippen molar-refractivity contribution < 1.29 is 4.42 Å². The van der Waals surface area contributed by atoms with Crippen molar-refractivity contribution in [2.45, 2.75) is 12.8 Å². The summed E-state index contributed by atoms with van der Waals surface area (Å²) in [5, 5.41) is 12.5. The monoisotopic (exact) mass is 766 g/mol. The highest BCUT2D eigenvalue weighted by molar-refractivity contribution is 6.14. The summed E-state index contributed by atoms with van der Waals surface area (Å²) >= 11 is 0. The van der Waals surface area contributed by atoms with E-state index in [4.69, 9.17) is 9.40 Å². The Labute approximate surface area is 347 Å². The number of allylic oxidation sites excluding steroid dienone is 4. The lowest BCUT2D eigenvalue weighted by molar-refractivity contribution is 0.620. The van der Waals surface area contributed by atoms with Gasteiger partial charge < -0.3 is 9.32 Å². The Hall–Kier alpha value is -7.75. The maximum absolute atomic E-state index is 6.34. The number of hydrogen-bond acceptors (Lipinski definition) is 3. The van der Waals surface area contributed by atoms with E-state index in [1.54, 1.807) is 0 Å². The van der Waals surface area contributed by atoms with Gasteiger partial charge in [0.05, 0.1) is 0 Å². The van der Waals surface area contributed by atoms with Gasteiger partial charge in [0.25, 0.3) is 0 Å². The summed E-state index contributed by atoms with van der Waals surface area (Å²) in [7, 11) is 0. The van der Waals surface area contributed by atoms with Gasteiger partial charge in [0, 0.05) is 28.0 Å². The van der Waals surface area contributed by atoms with Crippen molar-refractivity contribution in [3.63, 3.8) is 0 Å². The number of oxazole rings is 1. The molecule has 11 aromatic rings. The second kappa shape index (κ2) is 14.0. The van der Waals surface area contributed by atoms with E-state index in [-0.39, 0.29) is 0 Å². The number of fused-ring (bicyclic) bond motifs is 9. The lowest BCUT2D eigenvalue weighted by Gasteiger charge is -2.30. The molecule has 0 radical (unpaired) electrons. The number of anilines is 2. The SMILES string of the molecule is C1=C(c2cc3ccccc3c3ccccc23)CCC(N(c2ccc(-c3nc4c(ccc5ccccc54)o3)cc2)c2ccc(-c3cc4ccccc4c4ccccc34)cc2)=C1. The Morgan fingerprint density at radius 2 is 0.917 bits per heavy atom. The Kier molecular flexibility index (Phi) is 7.99. The molecule has 60 heavy (non-hydrogen) atoms. The molecule has 1 heterocycles. The number of benzene rings is 10. The van der Waals surface area contributed by atoms with E-state index in [2.05, 4.69) is 205 Å². The van der Waals surface area contributed by atoms with E-state index in [1.165, 1.54) is 71.1 Å². The van der Waals surface area contributed by atoms with Gasteiger partial charge in [-0.1, -0.05) is 146 Å². The van der Waals surface area contributed by atoms with E-state index in [9.17, 15) is 0 Å². The second-order valence-electron chi connectivity index (χ2n) is 15.8. The minimum Gasteiger partial charge on any atom is -0.436 e. The van der Waals surface area contributed by atoms with Crippen LogP contribution in [0.15, 0.2) is 216 Å². The molecule has 12 rings (SSSR count). The van der Waals surface area contributed by atoms with Gasteiger partial charge in [0.1, 0.15) is 5.52 Å². The molecule has 0 spiro atoms. The average Bonchev–Trinajstić information content (AvgIpc) is 3.77. The Morgan fingerprint density at radius 1 is 0.400 bits per heavy atom. The minimum absolute atomic E-state index is 0.624. The second-order valence-corrected chi connectivity index (χ2v) is 15.8. The van der Waals surface area contributed by atoms with Crippen LogP contribution < -0.4 is 4.90 Å². The molecule has 282 valence electrons. The van der Waals surface area contributed by atoms with Gasteiger partial charge in [0.15, 0.2) is 5.58 Å². The van der Waals surface area contributed by atoms with Gasteiger partial charge in [-0.25, -0.2) is 4.98 Å². The van der Waals surface area contributed by atoms with Crippen molar-refractivity contribution in [3.05, 3.63) is 218 Å². The van der Waals surface area contributed by atoms with E-state index >= 15 is 0 Å². The van der Waals surface area contributed by atoms with Crippen LogP contribution in [0.5, 0.6) is 0 Å². The van der Waals surface area contributed by atoms with Gasteiger partial charge >= 0.3 is 0 Å². The molecule has 1 aliphatic rings. The normalized spacial score (nSPS) is 13.1. The predicted molar refractivity (Wildman–Crippen MR) is 253 cm³/mol. The summed E-state index contributed by atoms with van der Waals surface area (Å²) in [6.45, 7) is 0. The first-order valence-electron chi connectivity index (χ1n) is 20.7. The average molecular weight is 767 g/mol. The molecule has 0 aliphatic heterocycles. The maximum atomic E-state index is 6.34. The first-order chi connectivity index (χ1) is 29.7. The zero-order valence-corrected chi connectivity index (χ0v) is 32.8. The first-order valence-corrected chi connectivity index (χ1v) is 20.7. The fourth-order valence-electron chi connectivity index (χ4n) is 9.46. The summed E-state index contributed by atoms with van der Waals surface area (Å²) < 4.78 is 6.34. The largest absolute Gasteiger partial charge is 0.436 e. The van der Waals surface area contributed by atoms with E-state index < -0.39 is 0 Å². The fourth-order valence-corrected chi connectivity index (χ4v) is 9.46. The molecule has 3 heteroatoms. The Bertz CT molecular complexity index is 3540. The quantitative estimate of drug-likeness (QED) is 0.158. The third-order valence-corrected chi connectivity index (χ3v) is 12.4. The zero-order valence-electron chi connectivity index (χ0n) is 32.8. The van der Waals surface area contributed by atoms with Crippen LogP contribution >= 0.6 is 0 Å². The van der Waals surface area contributed by atoms with E-state index in [0.717, 1.165) is 51.7 Å². The van der Waals surface area contributed by atoms with Gasteiger partial charge in [-0.05, 0) is 144 Å². The standard InChI is InChI=1S/C57H38N2O/c1-6-16-48-37(11-1)27-34-55-56(48)58-57(60-55)40-25-32-45(33-26-40)59(43-28-21-38(22-29-43)53-35-41-12-2-4-14-46(41)49-17-7-9-19-51(49)53)44-30-23-39(24-31-44)54-36-42-13-3-5-15-47(42)50-18-8-10-20-52(50)54/h1-23,25-30,32-36H,24,31H2. The first kappa shape index (κ1) is 34.3. The maximum Gasteiger partial charge on any atom is 0.227 e. The zero-order chi connectivity index (χ0) is 39.6. The molecule has 0 saturated carbocycles. The molecule has 0 atom stereocenters. The molecule has 0 N–H and O–H groups in total. The molecular formula is C57H38N2O. The highest BCUT2D eigenvalue weighted by atomic mass is 16.3. The summed E-state index contributed by atoms with van der Waals surface area (Å²) in [5.41, 5.74) is 11.2. The summed E-state index contributed by atoms with van der Waals surface area (Å²) in [4.78, 5) is 7.40. The highest BCUT2D eigenvalue weighted by Crippen LogP contribution is 2.42. The molecule has 1 aromatic heterocycles. The van der Waals surface area contributed by atoms with Gasteiger partial charge in [0.2, 0.25) is 5.89 Å². The molecule has 0 saturated heterocycles. The van der Waals surface area contributed by atoms with Crippen molar-refractivity contribution in [1.29, 1.82) is 0 Å². The van der Waals surface area contributed by atoms with Gasteiger partial charge in [-0.15, -0.1) is 0 Å². The van der Waals surface area contributed by atoms with Crippen LogP contribution in [0, 0.1) is 0 Å². The summed E-state index contributed by atoms with van der Waals surface area (Å²) in [6, 6.07) is 70.0.